The number of sulfonamides is 1. The zero-order valence-corrected chi connectivity index (χ0v) is 16.2. The molecule has 29 heavy (non-hydrogen) atoms. The van der Waals surface area contributed by atoms with Crippen LogP contribution in [0.3, 0.4) is 0 Å². The second kappa shape index (κ2) is 8.19. The Bertz CT molecular complexity index is 1150. The number of hydrogen-bond donors (Lipinski definition) is 2. The lowest BCUT2D eigenvalue weighted by molar-refractivity contribution is -0.255. The molecule has 0 saturated heterocycles. The molecule has 1 amide bonds. The summed E-state index contributed by atoms with van der Waals surface area (Å²) in [5.41, 5.74) is 0.252. The molecule has 2 N–H and O–H groups in total. The summed E-state index contributed by atoms with van der Waals surface area (Å²) in [5.74, 6) is -1.44. The van der Waals surface area contributed by atoms with E-state index in [2.05, 4.69) is 10.0 Å². The summed E-state index contributed by atoms with van der Waals surface area (Å²) < 4.78 is 33.2. The highest BCUT2D eigenvalue weighted by Gasteiger charge is 2.21. The van der Waals surface area contributed by atoms with Crippen LogP contribution in [0.4, 0.5) is 5.69 Å². The molecule has 0 aliphatic rings. The summed E-state index contributed by atoms with van der Waals surface area (Å²) in [6, 6.07) is 13.1. The molecule has 2 aromatic carbocycles. The van der Waals surface area contributed by atoms with Crippen LogP contribution >= 0.6 is 0 Å². The third-order valence-corrected chi connectivity index (χ3v) is 5.64. The number of para-hydroxylation sites is 1. The topological polar surface area (TPSA) is 129 Å². The third kappa shape index (κ3) is 4.64. The van der Waals surface area contributed by atoms with Gasteiger partial charge in [-0.15, -0.1) is 0 Å². The second-order valence-corrected chi connectivity index (χ2v) is 7.83. The average Bonchev–Trinajstić information content (AvgIpc) is 3.20. The quantitative estimate of drug-likeness (QED) is 0.606. The largest absolute Gasteiger partial charge is 0.545 e. The van der Waals surface area contributed by atoms with Gasteiger partial charge in [-0.05, 0) is 48.4 Å². The van der Waals surface area contributed by atoms with E-state index in [1.165, 1.54) is 37.5 Å². The summed E-state index contributed by atoms with van der Waals surface area (Å²) in [5, 5.41) is 13.7. The highest BCUT2D eigenvalue weighted by molar-refractivity contribution is 7.92. The fourth-order valence-corrected chi connectivity index (χ4v) is 4.01. The normalized spacial score (nSPS) is 11.1. The summed E-state index contributed by atoms with van der Waals surface area (Å²) in [4.78, 5) is 23.4. The first-order valence-electron chi connectivity index (χ1n) is 8.52. The number of furan rings is 1. The predicted octanol–water partition coefficient (Wildman–Crippen LogP) is 1.68. The van der Waals surface area contributed by atoms with E-state index in [0.29, 0.717) is 11.3 Å². The number of nitrogens with one attached hydrogen (secondary N) is 2. The Morgan fingerprint density at radius 2 is 1.83 bits per heavy atom. The van der Waals surface area contributed by atoms with Crippen molar-refractivity contribution in [1.29, 1.82) is 0 Å². The first kappa shape index (κ1) is 20.2. The molecule has 0 atom stereocenters. The highest BCUT2D eigenvalue weighted by Crippen LogP contribution is 2.23. The molecule has 0 radical (unpaired) electrons. The number of carbonyl (C=O) groups excluding carboxylic acids is 2. The Hall–Kier alpha value is -3.59. The van der Waals surface area contributed by atoms with Crippen LogP contribution in [0.15, 0.2) is 70.2 Å². The second-order valence-electron chi connectivity index (χ2n) is 6.18. The number of anilines is 1. The molecule has 1 aromatic heterocycles. The summed E-state index contributed by atoms with van der Waals surface area (Å²) in [6.07, 6.45) is 1.48. The Kier molecular flexibility index (Phi) is 5.69. The minimum atomic E-state index is -4.15. The number of carbonyl (C=O) groups is 2. The van der Waals surface area contributed by atoms with E-state index in [1.54, 1.807) is 24.3 Å². The fourth-order valence-electron chi connectivity index (χ4n) is 2.66. The Morgan fingerprint density at radius 1 is 1.07 bits per heavy atom. The molecule has 3 aromatic rings. The van der Waals surface area contributed by atoms with Gasteiger partial charge in [0.15, 0.2) is 0 Å². The number of benzene rings is 2. The minimum Gasteiger partial charge on any atom is -0.545 e. The number of carboxylic acids is 1. The zero-order chi connectivity index (χ0) is 21.0. The van der Waals surface area contributed by atoms with Gasteiger partial charge in [-0.1, -0.05) is 24.3 Å². The van der Waals surface area contributed by atoms with E-state index >= 15 is 0 Å². The van der Waals surface area contributed by atoms with Gasteiger partial charge in [-0.25, -0.2) is 8.42 Å². The van der Waals surface area contributed by atoms with Crippen molar-refractivity contribution in [1.82, 2.24) is 5.32 Å². The van der Waals surface area contributed by atoms with E-state index in [0.717, 1.165) is 6.07 Å². The van der Waals surface area contributed by atoms with Crippen molar-refractivity contribution in [3.8, 4) is 0 Å². The van der Waals surface area contributed by atoms with E-state index in [9.17, 15) is 23.1 Å². The molecule has 0 spiro atoms. The SMILES string of the molecule is Cc1ccc(C(=O)[O-])cc1S(=O)(=O)Nc1ccccc1C(=O)NCc1ccco1. The Morgan fingerprint density at radius 3 is 2.52 bits per heavy atom. The maximum atomic E-state index is 12.8. The molecule has 1 heterocycles. The average molecular weight is 413 g/mol. The molecule has 150 valence electrons. The molecule has 8 nitrogen and oxygen atoms in total. The van der Waals surface area contributed by atoms with Crippen LogP contribution in [0.2, 0.25) is 0 Å². The van der Waals surface area contributed by atoms with Crippen molar-refractivity contribution in [2.24, 2.45) is 0 Å². The summed E-state index contributed by atoms with van der Waals surface area (Å²) >= 11 is 0. The van der Waals surface area contributed by atoms with Gasteiger partial charge < -0.3 is 19.6 Å². The van der Waals surface area contributed by atoms with Crippen molar-refractivity contribution in [3.05, 3.63) is 83.3 Å². The maximum absolute atomic E-state index is 12.8. The Balaban J connectivity index is 1.87. The minimum absolute atomic E-state index is 0.0581. The number of amides is 1. The van der Waals surface area contributed by atoms with E-state index in [-0.39, 0.29) is 28.3 Å². The van der Waals surface area contributed by atoms with Crippen LogP contribution in [-0.4, -0.2) is 20.3 Å². The Labute approximate surface area is 167 Å². The van der Waals surface area contributed by atoms with Gasteiger partial charge in [0.05, 0.1) is 34.9 Å². The number of carboxylic acid groups (broad SMARTS) is 1. The van der Waals surface area contributed by atoms with Crippen molar-refractivity contribution in [3.63, 3.8) is 0 Å². The lowest BCUT2D eigenvalue weighted by Gasteiger charge is -2.15. The highest BCUT2D eigenvalue weighted by atomic mass is 32.2. The van der Waals surface area contributed by atoms with Crippen LogP contribution in [-0.2, 0) is 16.6 Å². The molecular weight excluding hydrogens is 396 g/mol. The van der Waals surface area contributed by atoms with E-state index < -0.39 is 21.9 Å². The zero-order valence-electron chi connectivity index (χ0n) is 15.3. The molecule has 0 saturated carbocycles. The number of rotatable bonds is 7. The van der Waals surface area contributed by atoms with Crippen molar-refractivity contribution < 1.29 is 27.5 Å². The van der Waals surface area contributed by atoms with Crippen LogP contribution in [0, 0.1) is 6.92 Å². The molecule has 0 aliphatic heterocycles. The van der Waals surface area contributed by atoms with Gasteiger partial charge in [-0.3, -0.25) is 9.52 Å². The van der Waals surface area contributed by atoms with Gasteiger partial charge >= 0.3 is 0 Å². The standard InChI is InChI=1S/C20H18N2O6S/c1-13-8-9-14(20(24)25)11-18(13)29(26,27)22-17-7-3-2-6-16(17)19(23)21-12-15-5-4-10-28-15/h2-11,22H,12H2,1H3,(H,21,23)(H,24,25)/p-1. The first-order chi connectivity index (χ1) is 13.8. The van der Waals surface area contributed by atoms with Gasteiger partial charge in [0, 0.05) is 0 Å². The maximum Gasteiger partial charge on any atom is 0.262 e. The summed E-state index contributed by atoms with van der Waals surface area (Å²) in [6.45, 7) is 1.68. The van der Waals surface area contributed by atoms with Gasteiger partial charge in [0.1, 0.15) is 5.76 Å². The fraction of sp³-hybridized carbons (Fsp3) is 0.100. The lowest BCUT2D eigenvalue weighted by Crippen LogP contribution is -2.25. The molecular formula is C20H17N2O6S-. The lowest BCUT2D eigenvalue weighted by atomic mass is 10.1. The van der Waals surface area contributed by atoms with Crippen molar-refractivity contribution in [2.45, 2.75) is 18.4 Å². The van der Waals surface area contributed by atoms with Crippen LogP contribution < -0.4 is 15.1 Å². The smallest absolute Gasteiger partial charge is 0.262 e. The summed E-state index contributed by atoms with van der Waals surface area (Å²) in [7, 11) is -4.15. The van der Waals surface area contributed by atoms with Gasteiger partial charge in [-0.2, -0.15) is 0 Å². The molecule has 9 heteroatoms. The van der Waals surface area contributed by atoms with Crippen molar-refractivity contribution >= 4 is 27.6 Å². The van der Waals surface area contributed by atoms with Crippen molar-refractivity contribution in [2.75, 3.05) is 4.72 Å². The van der Waals surface area contributed by atoms with E-state index in [4.69, 9.17) is 4.42 Å². The van der Waals surface area contributed by atoms with E-state index in [1.807, 2.05) is 0 Å². The molecule has 3 rings (SSSR count). The molecule has 0 bridgehead atoms. The van der Waals surface area contributed by atoms with Gasteiger partial charge in [0.25, 0.3) is 15.9 Å². The predicted molar refractivity (Wildman–Crippen MR) is 103 cm³/mol. The first-order valence-corrected chi connectivity index (χ1v) is 10.0. The van der Waals surface area contributed by atoms with Crippen LogP contribution in [0.5, 0.6) is 0 Å². The monoisotopic (exact) mass is 413 g/mol. The number of hydrogen-bond acceptors (Lipinski definition) is 6. The number of aryl methyl sites for hydroxylation is 1. The molecule has 0 unspecified atom stereocenters. The number of aromatic carboxylic acids is 1. The van der Waals surface area contributed by atoms with Crippen LogP contribution in [0.1, 0.15) is 32.0 Å². The van der Waals surface area contributed by atoms with Crippen LogP contribution in [0.25, 0.3) is 0 Å². The molecule has 0 fully saturated rings. The molecule has 0 aliphatic carbocycles. The van der Waals surface area contributed by atoms with Gasteiger partial charge in [0.2, 0.25) is 0 Å². The third-order valence-electron chi connectivity index (χ3n) is 4.13.